The number of fused-ring (bicyclic) bond motifs is 3. The van der Waals surface area contributed by atoms with Crippen LogP contribution in [-0.2, 0) is 22.7 Å². The van der Waals surface area contributed by atoms with Crippen LogP contribution >= 0.6 is 0 Å². The van der Waals surface area contributed by atoms with Crippen LogP contribution in [-0.4, -0.2) is 15.7 Å². The fourth-order valence-electron chi connectivity index (χ4n) is 3.35. The van der Waals surface area contributed by atoms with E-state index in [0.29, 0.717) is 5.76 Å². The summed E-state index contributed by atoms with van der Waals surface area (Å²) < 4.78 is 12.5. The maximum Gasteiger partial charge on any atom is 0.331 e. The first-order valence-corrected chi connectivity index (χ1v) is 8.93. The second-order valence-corrected chi connectivity index (χ2v) is 6.41. The van der Waals surface area contributed by atoms with Gasteiger partial charge in [-0.25, -0.2) is 4.79 Å². The van der Waals surface area contributed by atoms with Gasteiger partial charge >= 0.3 is 5.97 Å². The van der Waals surface area contributed by atoms with Crippen LogP contribution in [0.25, 0.3) is 27.9 Å². The van der Waals surface area contributed by atoms with Crippen molar-refractivity contribution < 1.29 is 14.1 Å². The third-order valence-electron chi connectivity index (χ3n) is 4.56. The number of benzene rings is 2. The van der Waals surface area contributed by atoms with E-state index in [1.165, 1.54) is 27.9 Å². The van der Waals surface area contributed by atoms with Gasteiger partial charge in [0, 0.05) is 40.5 Å². The Morgan fingerprint density at radius 3 is 2.74 bits per heavy atom. The van der Waals surface area contributed by atoms with E-state index in [1.54, 1.807) is 12.1 Å². The maximum atomic E-state index is 11.9. The Kier molecular flexibility index (Phi) is 4.50. The third kappa shape index (κ3) is 3.36. The van der Waals surface area contributed by atoms with E-state index in [2.05, 4.69) is 47.0 Å². The lowest BCUT2D eigenvalue weighted by Gasteiger charge is -2.02. The summed E-state index contributed by atoms with van der Waals surface area (Å²) in [5.41, 5.74) is 4.13. The number of carbonyl (C=O) groups excluding carboxylic acids is 1. The van der Waals surface area contributed by atoms with Gasteiger partial charge in [-0.15, -0.1) is 0 Å². The molecule has 27 heavy (non-hydrogen) atoms. The molecule has 0 saturated heterocycles. The second-order valence-electron chi connectivity index (χ2n) is 6.41. The number of aromatic nitrogens is 2. The van der Waals surface area contributed by atoms with Gasteiger partial charge in [0.05, 0.1) is 5.69 Å². The molecule has 4 aromatic rings. The number of para-hydroxylation sites is 1. The molecule has 5 nitrogen and oxygen atoms in total. The van der Waals surface area contributed by atoms with Gasteiger partial charge in [0.25, 0.3) is 0 Å². The molecule has 2 aromatic heterocycles. The van der Waals surface area contributed by atoms with Gasteiger partial charge in [0.2, 0.25) is 0 Å². The Balaban J connectivity index is 1.56. The van der Waals surface area contributed by atoms with Crippen LogP contribution in [0.1, 0.15) is 23.9 Å². The van der Waals surface area contributed by atoms with Crippen molar-refractivity contribution in [2.24, 2.45) is 0 Å². The lowest BCUT2D eigenvalue weighted by molar-refractivity contribution is -0.139. The fourth-order valence-corrected chi connectivity index (χ4v) is 3.35. The van der Waals surface area contributed by atoms with Crippen molar-refractivity contribution in [2.45, 2.75) is 27.0 Å². The predicted octanol–water partition coefficient (Wildman–Crippen LogP) is 4.87. The minimum Gasteiger partial charge on any atom is -0.454 e. The van der Waals surface area contributed by atoms with E-state index in [9.17, 15) is 4.79 Å². The van der Waals surface area contributed by atoms with E-state index in [1.807, 2.05) is 19.1 Å². The largest absolute Gasteiger partial charge is 0.454 e. The topological polar surface area (TPSA) is 57.3 Å². The number of carbonyl (C=O) groups is 1. The van der Waals surface area contributed by atoms with Crippen LogP contribution in [0.2, 0.25) is 0 Å². The molecule has 2 heterocycles. The average molecular weight is 360 g/mol. The first-order valence-electron chi connectivity index (χ1n) is 8.93. The number of nitrogens with zero attached hydrogens (tertiary/aromatic N) is 2. The highest BCUT2D eigenvalue weighted by molar-refractivity contribution is 6.08. The van der Waals surface area contributed by atoms with Crippen LogP contribution in [0.5, 0.6) is 0 Å². The molecule has 5 heteroatoms. The quantitative estimate of drug-likeness (QED) is 0.376. The summed E-state index contributed by atoms with van der Waals surface area (Å²) in [6.45, 7) is 4.95. The SMILES string of the molecule is CCn1c2ccccc2c2cc(/C=C\C(=O)OCc3cc(C)no3)ccc21. The van der Waals surface area contributed by atoms with Crippen LogP contribution in [0.3, 0.4) is 0 Å². The normalized spacial score (nSPS) is 11.6. The van der Waals surface area contributed by atoms with Gasteiger partial charge in [-0.1, -0.05) is 29.4 Å². The highest BCUT2D eigenvalue weighted by Crippen LogP contribution is 2.29. The highest BCUT2D eigenvalue weighted by Gasteiger charge is 2.09. The van der Waals surface area contributed by atoms with Crippen molar-refractivity contribution >= 4 is 33.9 Å². The zero-order valence-electron chi connectivity index (χ0n) is 15.3. The number of hydrogen-bond acceptors (Lipinski definition) is 4. The maximum absolute atomic E-state index is 11.9. The molecule has 0 spiro atoms. The molecule has 2 aromatic carbocycles. The van der Waals surface area contributed by atoms with Crippen LogP contribution in [0.15, 0.2) is 59.1 Å². The summed E-state index contributed by atoms with van der Waals surface area (Å²) in [5.74, 6) is 0.114. The summed E-state index contributed by atoms with van der Waals surface area (Å²) in [6, 6.07) is 16.3. The van der Waals surface area contributed by atoms with Crippen LogP contribution < -0.4 is 0 Å². The predicted molar refractivity (Wildman–Crippen MR) is 105 cm³/mol. The highest BCUT2D eigenvalue weighted by atomic mass is 16.5. The molecule has 4 rings (SSSR count). The summed E-state index contributed by atoms with van der Waals surface area (Å²) >= 11 is 0. The third-order valence-corrected chi connectivity index (χ3v) is 4.56. The smallest absolute Gasteiger partial charge is 0.331 e. The first-order chi connectivity index (χ1) is 13.2. The van der Waals surface area contributed by atoms with Crippen molar-refractivity contribution in [1.29, 1.82) is 0 Å². The molecular weight excluding hydrogens is 340 g/mol. The Hall–Kier alpha value is -3.34. The molecule has 0 fully saturated rings. The van der Waals surface area contributed by atoms with Gasteiger partial charge in [0.1, 0.15) is 0 Å². The molecule has 0 saturated carbocycles. The van der Waals surface area contributed by atoms with Gasteiger partial charge < -0.3 is 13.8 Å². The summed E-state index contributed by atoms with van der Waals surface area (Å²) in [4.78, 5) is 11.9. The van der Waals surface area contributed by atoms with E-state index in [0.717, 1.165) is 17.8 Å². The zero-order valence-corrected chi connectivity index (χ0v) is 15.3. The molecule has 0 radical (unpaired) electrons. The van der Waals surface area contributed by atoms with E-state index in [-0.39, 0.29) is 6.61 Å². The molecule has 0 aliphatic rings. The van der Waals surface area contributed by atoms with Crippen LogP contribution in [0.4, 0.5) is 0 Å². The van der Waals surface area contributed by atoms with Gasteiger partial charge in [0.15, 0.2) is 12.4 Å². The number of esters is 1. The van der Waals surface area contributed by atoms with E-state index in [4.69, 9.17) is 9.26 Å². The summed E-state index contributed by atoms with van der Waals surface area (Å²) in [7, 11) is 0. The second kappa shape index (κ2) is 7.11. The lowest BCUT2D eigenvalue weighted by Crippen LogP contribution is -1.99. The van der Waals surface area contributed by atoms with Crippen molar-refractivity contribution in [2.75, 3.05) is 0 Å². The molecular formula is C22H20N2O3. The molecule has 0 aliphatic heterocycles. The Labute approximate surface area is 156 Å². The number of hydrogen-bond donors (Lipinski definition) is 0. The Bertz CT molecular complexity index is 1150. The van der Waals surface area contributed by atoms with Crippen molar-refractivity contribution in [3.05, 3.63) is 71.6 Å². The molecule has 0 amide bonds. The molecule has 0 aliphatic carbocycles. The minimum absolute atomic E-state index is 0.0764. The molecule has 0 atom stereocenters. The van der Waals surface area contributed by atoms with Crippen molar-refractivity contribution in [1.82, 2.24) is 9.72 Å². The number of ether oxygens (including phenoxy) is 1. The first kappa shape index (κ1) is 17.1. The van der Waals surface area contributed by atoms with Crippen LogP contribution in [0, 0.1) is 6.92 Å². The van der Waals surface area contributed by atoms with Gasteiger partial charge in [-0.2, -0.15) is 0 Å². The lowest BCUT2D eigenvalue weighted by atomic mass is 10.1. The average Bonchev–Trinajstić information content (AvgIpc) is 3.25. The Morgan fingerprint density at radius 2 is 1.96 bits per heavy atom. The fraction of sp³-hybridized carbons (Fsp3) is 0.182. The van der Waals surface area contributed by atoms with Crippen molar-refractivity contribution in [3.8, 4) is 0 Å². The zero-order chi connectivity index (χ0) is 18.8. The van der Waals surface area contributed by atoms with Crippen molar-refractivity contribution in [3.63, 3.8) is 0 Å². The van der Waals surface area contributed by atoms with Gasteiger partial charge in [-0.3, -0.25) is 0 Å². The van der Waals surface area contributed by atoms with Gasteiger partial charge in [-0.05, 0) is 43.7 Å². The molecule has 136 valence electrons. The number of rotatable bonds is 5. The molecule has 0 bridgehead atoms. The van der Waals surface area contributed by atoms with E-state index < -0.39 is 5.97 Å². The monoisotopic (exact) mass is 360 g/mol. The van der Waals surface area contributed by atoms with E-state index >= 15 is 0 Å². The standard InChI is InChI=1S/C22H20N2O3/c1-3-24-20-7-5-4-6-18(20)19-13-16(8-10-21(19)24)9-11-22(25)26-14-17-12-15(2)23-27-17/h4-13H,3,14H2,1-2H3/b11-9-. The minimum atomic E-state index is -0.417. The Morgan fingerprint density at radius 1 is 1.15 bits per heavy atom. The molecule has 0 unspecified atom stereocenters. The molecule has 0 N–H and O–H groups in total. The summed E-state index contributed by atoms with van der Waals surface area (Å²) in [6.07, 6.45) is 3.20. The number of aryl methyl sites for hydroxylation is 2. The summed E-state index contributed by atoms with van der Waals surface area (Å²) in [5, 5.41) is 6.16.